The Morgan fingerprint density at radius 3 is 3.00 bits per heavy atom. The average molecular weight is 323 g/mol. The number of hydrogen-bond acceptors (Lipinski definition) is 3. The Morgan fingerprint density at radius 1 is 1.50 bits per heavy atom. The highest BCUT2D eigenvalue weighted by atomic mass is 35.5. The molecule has 0 unspecified atom stereocenters. The van der Waals surface area contributed by atoms with E-state index in [1.54, 1.807) is 18.3 Å². The highest BCUT2D eigenvalue weighted by Gasteiger charge is 2.43. The average Bonchev–Trinajstić information content (AvgIpc) is 2.95. The standard InChI is InChI=1S/C16H23ClN4O/c1-18-15(21-10-7-16(12-21)5-3-6-16)20-9-11-22-14-13(17)4-2-8-19-14/h2,4,8H,3,5-7,9-12H2,1H3,(H,18,20). The van der Waals surface area contributed by atoms with Crippen molar-refractivity contribution < 1.29 is 4.74 Å². The Kier molecular flexibility index (Phi) is 4.71. The molecule has 1 saturated carbocycles. The van der Waals surface area contributed by atoms with Crippen LogP contribution in [0.25, 0.3) is 0 Å². The van der Waals surface area contributed by atoms with Gasteiger partial charge in [-0.2, -0.15) is 0 Å². The molecule has 1 spiro atoms. The smallest absolute Gasteiger partial charge is 0.232 e. The van der Waals surface area contributed by atoms with Crippen LogP contribution in [0.2, 0.25) is 5.02 Å². The van der Waals surface area contributed by atoms with Gasteiger partial charge in [0.2, 0.25) is 5.88 Å². The number of nitrogens with zero attached hydrogens (tertiary/aromatic N) is 3. The summed E-state index contributed by atoms with van der Waals surface area (Å²) < 4.78 is 5.59. The van der Waals surface area contributed by atoms with Crippen molar-refractivity contribution in [2.45, 2.75) is 25.7 Å². The molecule has 1 saturated heterocycles. The van der Waals surface area contributed by atoms with Gasteiger partial charge in [-0.25, -0.2) is 4.98 Å². The predicted molar refractivity (Wildman–Crippen MR) is 88.6 cm³/mol. The molecule has 5 nitrogen and oxygen atoms in total. The second-order valence-corrected chi connectivity index (χ2v) is 6.55. The molecule has 0 radical (unpaired) electrons. The van der Waals surface area contributed by atoms with Gasteiger partial charge in [-0.05, 0) is 36.8 Å². The Bertz CT molecular complexity index is 545. The normalized spacial score (nSPS) is 20.1. The molecule has 1 aliphatic heterocycles. The van der Waals surface area contributed by atoms with Crippen LogP contribution in [0.3, 0.4) is 0 Å². The third-order valence-corrected chi connectivity index (χ3v) is 5.00. The molecule has 1 N–H and O–H groups in total. The number of guanidine groups is 1. The summed E-state index contributed by atoms with van der Waals surface area (Å²) in [6, 6.07) is 3.57. The van der Waals surface area contributed by atoms with E-state index in [4.69, 9.17) is 16.3 Å². The zero-order valence-electron chi connectivity index (χ0n) is 13.0. The van der Waals surface area contributed by atoms with E-state index in [9.17, 15) is 0 Å². The minimum absolute atomic E-state index is 0.482. The van der Waals surface area contributed by atoms with Gasteiger partial charge in [0, 0.05) is 26.3 Å². The van der Waals surface area contributed by atoms with E-state index >= 15 is 0 Å². The monoisotopic (exact) mass is 322 g/mol. The van der Waals surface area contributed by atoms with Crippen LogP contribution < -0.4 is 10.1 Å². The van der Waals surface area contributed by atoms with Crippen LogP contribution in [0.4, 0.5) is 0 Å². The van der Waals surface area contributed by atoms with E-state index < -0.39 is 0 Å². The van der Waals surface area contributed by atoms with Gasteiger partial charge in [0.1, 0.15) is 11.6 Å². The first-order chi connectivity index (χ1) is 10.7. The largest absolute Gasteiger partial charge is 0.475 e. The van der Waals surface area contributed by atoms with Crippen molar-refractivity contribution in [3.05, 3.63) is 23.4 Å². The highest BCUT2D eigenvalue weighted by molar-refractivity contribution is 6.31. The number of halogens is 1. The molecule has 0 amide bonds. The third-order valence-electron chi connectivity index (χ3n) is 4.71. The van der Waals surface area contributed by atoms with Crippen LogP contribution in [0.15, 0.2) is 23.3 Å². The van der Waals surface area contributed by atoms with Crippen molar-refractivity contribution in [3.8, 4) is 5.88 Å². The summed E-state index contributed by atoms with van der Waals surface area (Å²) in [5, 5.41) is 3.91. The summed E-state index contributed by atoms with van der Waals surface area (Å²) in [6.07, 6.45) is 7.12. The maximum absolute atomic E-state index is 6.01. The first-order valence-corrected chi connectivity index (χ1v) is 8.29. The first-order valence-electron chi connectivity index (χ1n) is 7.91. The fourth-order valence-corrected chi connectivity index (χ4v) is 3.50. The Morgan fingerprint density at radius 2 is 2.36 bits per heavy atom. The summed E-state index contributed by atoms with van der Waals surface area (Å²) in [5.41, 5.74) is 0.579. The quantitative estimate of drug-likeness (QED) is 0.526. The molecule has 6 heteroatoms. The fraction of sp³-hybridized carbons (Fsp3) is 0.625. The fourth-order valence-electron chi connectivity index (χ4n) is 3.32. The number of likely N-dealkylation sites (tertiary alicyclic amines) is 1. The van der Waals surface area contributed by atoms with Crippen molar-refractivity contribution in [1.82, 2.24) is 15.2 Å². The number of hydrogen-bond donors (Lipinski definition) is 1. The zero-order valence-corrected chi connectivity index (χ0v) is 13.8. The molecule has 2 aliphatic rings. The molecule has 2 fully saturated rings. The molecular formula is C16H23ClN4O. The number of aromatic nitrogens is 1. The van der Waals surface area contributed by atoms with Gasteiger partial charge in [-0.3, -0.25) is 4.99 Å². The lowest BCUT2D eigenvalue weighted by Gasteiger charge is -2.38. The predicted octanol–water partition coefficient (Wildman–Crippen LogP) is 2.57. The van der Waals surface area contributed by atoms with E-state index in [0.29, 0.717) is 29.5 Å². The summed E-state index contributed by atoms with van der Waals surface area (Å²) in [4.78, 5) is 10.9. The van der Waals surface area contributed by atoms with Crippen LogP contribution in [0.1, 0.15) is 25.7 Å². The molecule has 0 atom stereocenters. The lowest BCUT2D eigenvalue weighted by atomic mass is 9.68. The lowest BCUT2D eigenvalue weighted by Crippen LogP contribution is -2.43. The van der Waals surface area contributed by atoms with E-state index in [1.165, 1.54) is 25.7 Å². The maximum Gasteiger partial charge on any atom is 0.232 e. The van der Waals surface area contributed by atoms with Crippen molar-refractivity contribution in [1.29, 1.82) is 0 Å². The van der Waals surface area contributed by atoms with Gasteiger partial charge in [-0.1, -0.05) is 18.0 Å². The number of rotatable bonds is 4. The summed E-state index contributed by atoms with van der Waals surface area (Å²) in [5.74, 6) is 1.45. The second kappa shape index (κ2) is 6.73. The molecule has 0 bridgehead atoms. The minimum atomic E-state index is 0.482. The Labute approximate surface area is 136 Å². The van der Waals surface area contributed by atoms with Gasteiger partial charge in [-0.15, -0.1) is 0 Å². The molecule has 1 aliphatic carbocycles. The van der Waals surface area contributed by atoms with Gasteiger partial charge in [0.15, 0.2) is 5.96 Å². The first kappa shape index (κ1) is 15.4. The highest BCUT2D eigenvalue weighted by Crippen LogP contribution is 2.47. The van der Waals surface area contributed by atoms with Gasteiger partial charge in [0.25, 0.3) is 0 Å². The molecule has 22 heavy (non-hydrogen) atoms. The molecule has 1 aromatic heterocycles. The number of nitrogens with one attached hydrogen (secondary N) is 1. The molecule has 2 heterocycles. The number of pyridine rings is 1. The summed E-state index contributed by atoms with van der Waals surface area (Å²) in [6.45, 7) is 3.43. The van der Waals surface area contributed by atoms with Crippen molar-refractivity contribution >= 4 is 17.6 Å². The molecule has 120 valence electrons. The molecule has 3 rings (SSSR count). The Hall–Kier alpha value is -1.49. The topological polar surface area (TPSA) is 49.8 Å². The van der Waals surface area contributed by atoms with Crippen LogP contribution in [-0.2, 0) is 0 Å². The van der Waals surface area contributed by atoms with Gasteiger partial charge >= 0.3 is 0 Å². The van der Waals surface area contributed by atoms with Crippen molar-refractivity contribution in [2.24, 2.45) is 10.4 Å². The van der Waals surface area contributed by atoms with Gasteiger partial charge < -0.3 is 15.0 Å². The molecule has 0 aromatic carbocycles. The molecule has 1 aromatic rings. The zero-order chi connectivity index (χ0) is 15.4. The van der Waals surface area contributed by atoms with Crippen molar-refractivity contribution in [2.75, 3.05) is 33.3 Å². The van der Waals surface area contributed by atoms with Crippen LogP contribution in [0.5, 0.6) is 5.88 Å². The summed E-state index contributed by atoms with van der Waals surface area (Å²) >= 11 is 6.01. The van der Waals surface area contributed by atoms with E-state index in [1.807, 2.05) is 7.05 Å². The SMILES string of the molecule is CN=C(NCCOc1ncccc1Cl)N1CCC2(CCC2)C1. The minimum Gasteiger partial charge on any atom is -0.475 e. The Balaban J connectivity index is 1.43. The lowest BCUT2D eigenvalue weighted by molar-refractivity contribution is 0.151. The van der Waals surface area contributed by atoms with Crippen molar-refractivity contribution in [3.63, 3.8) is 0 Å². The van der Waals surface area contributed by atoms with E-state index in [0.717, 1.165) is 19.0 Å². The molecular weight excluding hydrogens is 300 g/mol. The summed E-state index contributed by atoms with van der Waals surface area (Å²) in [7, 11) is 1.84. The van der Waals surface area contributed by atoms with E-state index in [2.05, 4.69) is 20.2 Å². The third kappa shape index (κ3) is 3.29. The van der Waals surface area contributed by atoms with Crippen LogP contribution >= 0.6 is 11.6 Å². The van der Waals surface area contributed by atoms with Gasteiger partial charge in [0.05, 0.1) is 6.54 Å². The second-order valence-electron chi connectivity index (χ2n) is 6.14. The number of aliphatic imine (C=N–C) groups is 1. The maximum atomic E-state index is 6.01. The van der Waals surface area contributed by atoms with Crippen LogP contribution in [0, 0.1) is 5.41 Å². The van der Waals surface area contributed by atoms with E-state index in [-0.39, 0.29) is 0 Å². The van der Waals surface area contributed by atoms with Crippen LogP contribution in [-0.4, -0.2) is 49.1 Å². The number of ether oxygens (including phenoxy) is 1.